The summed E-state index contributed by atoms with van der Waals surface area (Å²) in [6, 6.07) is 7.41. The molecule has 0 saturated heterocycles. The highest BCUT2D eigenvalue weighted by atomic mass is 16.6. The van der Waals surface area contributed by atoms with Crippen LogP contribution >= 0.6 is 0 Å². The first-order chi connectivity index (χ1) is 12.9. The Kier molecular flexibility index (Phi) is 5.99. The smallest absolute Gasteiger partial charge is 0.282 e. The van der Waals surface area contributed by atoms with E-state index >= 15 is 0 Å². The number of non-ortho nitro benzene ring substituents is 1. The van der Waals surface area contributed by atoms with Gasteiger partial charge in [0.05, 0.1) is 41.9 Å². The zero-order chi connectivity index (χ0) is 20.0. The van der Waals surface area contributed by atoms with Crippen molar-refractivity contribution in [3.05, 3.63) is 67.8 Å². The third kappa shape index (κ3) is 4.54. The summed E-state index contributed by atoms with van der Waals surface area (Å²) in [5.41, 5.74) is 1.97. The van der Waals surface area contributed by atoms with Crippen LogP contribution in [0.1, 0.15) is 15.9 Å². The van der Waals surface area contributed by atoms with Crippen LogP contribution in [-0.4, -0.2) is 36.2 Å². The number of benzene rings is 2. The number of methoxy groups -OCH3 is 2. The molecule has 0 aliphatic carbocycles. The molecule has 0 heterocycles. The molecule has 2 rings (SSSR count). The molecule has 2 aromatic carbocycles. The van der Waals surface area contributed by atoms with Crippen LogP contribution in [0.15, 0.2) is 41.5 Å². The van der Waals surface area contributed by atoms with Crippen LogP contribution in [0, 0.1) is 20.2 Å². The molecule has 1 amide bonds. The van der Waals surface area contributed by atoms with Gasteiger partial charge in [-0.15, -0.1) is 0 Å². The molecule has 2 aromatic rings. The second-order valence-corrected chi connectivity index (χ2v) is 5.03. The van der Waals surface area contributed by atoms with Crippen molar-refractivity contribution in [1.29, 1.82) is 0 Å². The van der Waals surface area contributed by atoms with E-state index in [-0.39, 0.29) is 34.0 Å². The molecule has 0 aliphatic rings. The maximum Gasteiger partial charge on any atom is 0.282 e. The third-order valence-corrected chi connectivity index (χ3v) is 3.44. The summed E-state index contributed by atoms with van der Waals surface area (Å²) in [5.74, 6) is -0.202. The van der Waals surface area contributed by atoms with Crippen molar-refractivity contribution in [2.24, 2.45) is 5.10 Å². The minimum Gasteiger partial charge on any atom is -0.493 e. The number of nitrogens with one attached hydrogen (secondary N) is 1. The molecular weight excluding hydrogens is 360 g/mol. The van der Waals surface area contributed by atoms with Crippen LogP contribution in [0.2, 0.25) is 0 Å². The topological polar surface area (TPSA) is 146 Å². The van der Waals surface area contributed by atoms with E-state index < -0.39 is 15.8 Å². The Morgan fingerprint density at radius 2 is 1.63 bits per heavy atom. The number of hydrogen-bond donors (Lipinski definition) is 1. The predicted molar refractivity (Wildman–Crippen MR) is 94.4 cm³/mol. The Morgan fingerprint density at radius 1 is 1.04 bits per heavy atom. The van der Waals surface area contributed by atoms with Crippen LogP contribution in [0.4, 0.5) is 11.4 Å². The summed E-state index contributed by atoms with van der Waals surface area (Å²) in [5, 5.41) is 25.5. The summed E-state index contributed by atoms with van der Waals surface area (Å²) < 4.78 is 10.1. The Labute approximate surface area is 152 Å². The number of hydrogen-bond acceptors (Lipinski definition) is 8. The van der Waals surface area contributed by atoms with Gasteiger partial charge in [-0.1, -0.05) is 0 Å². The van der Waals surface area contributed by atoms with E-state index in [2.05, 4.69) is 10.5 Å². The normalized spacial score (nSPS) is 10.4. The van der Waals surface area contributed by atoms with Crippen molar-refractivity contribution >= 4 is 23.5 Å². The van der Waals surface area contributed by atoms with Gasteiger partial charge in [-0.05, 0) is 18.2 Å². The van der Waals surface area contributed by atoms with Crippen molar-refractivity contribution in [3.63, 3.8) is 0 Å². The molecule has 11 heteroatoms. The standard InChI is InChI=1S/C16H14N4O7/c1-26-14-7-11(13(20(24)25)8-15(14)27-2)9-17-18-16(21)10-3-5-12(6-4-10)19(22)23/h3-9H,1-2H3,(H,18,21). The summed E-state index contributed by atoms with van der Waals surface area (Å²) in [7, 11) is 2.72. The Hall–Kier alpha value is -4.02. The van der Waals surface area contributed by atoms with Crippen LogP contribution in [0.25, 0.3) is 0 Å². The summed E-state index contributed by atoms with van der Waals surface area (Å²) >= 11 is 0. The number of nitrogens with zero attached hydrogens (tertiary/aromatic N) is 3. The number of ether oxygens (including phenoxy) is 2. The lowest BCUT2D eigenvalue weighted by Crippen LogP contribution is -2.17. The van der Waals surface area contributed by atoms with Crippen molar-refractivity contribution in [1.82, 2.24) is 5.43 Å². The van der Waals surface area contributed by atoms with Gasteiger partial charge in [-0.2, -0.15) is 5.10 Å². The van der Waals surface area contributed by atoms with E-state index in [9.17, 15) is 25.0 Å². The van der Waals surface area contributed by atoms with Crippen molar-refractivity contribution in [3.8, 4) is 11.5 Å². The molecular formula is C16H14N4O7. The van der Waals surface area contributed by atoms with Crippen LogP contribution in [-0.2, 0) is 0 Å². The lowest BCUT2D eigenvalue weighted by Gasteiger charge is -2.08. The van der Waals surface area contributed by atoms with E-state index in [1.165, 1.54) is 50.6 Å². The highest BCUT2D eigenvalue weighted by Crippen LogP contribution is 2.33. The van der Waals surface area contributed by atoms with Crippen LogP contribution in [0.5, 0.6) is 11.5 Å². The van der Waals surface area contributed by atoms with Crippen molar-refractivity contribution in [2.75, 3.05) is 14.2 Å². The molecule has 0 aromatic heterocycles. The molecule has 0 fully saturated rings. The van der Waals surface area contributed by atoms with Gasteiger partial charge in [-0.3, -0.25) is 25.0 Å². The number of amides is 1. The summed E-state index contributed by atoms with van der Waals surface area (Å²) in [6.45, 7) is 0. The van der Waals surface area contributed by atoms with E-state index in [0.717, 1.165) is 6.21 Å². The maximum absolute atomic E-state index is 12.0. The van der Waals surface area contributed by atoms with Gasteiger partial charge in [0.1, 0.15) is 0 Å². The lowest BCUT2D eigenvalue weighted by molar-refractivity contribution is -0.385. The lowest BCUT2D eigenvalue weighted by atomic mass is 10.1. The fourth-order valence-corrected chi connectivity index (χ4v) is 2.11. The second-order valence-electron chi connectivity index (χ2n) is 5.03. The first-order valence-corrected chi connectivity index (χ1v) is 7.35. The SMILES string of the molecule is COc1cc(C=NNC(=O)c2ccc([N+](=O)[O-])cc2)c([N+](=O)[O-])cc1OC. The highest BCUT2D eigenvalue weighted by Gasteiger charge is 2.18. The average molecular weight is 374 g/mol. The molecule has 0 aliphatic heterocycles. The van der Waals surface area contributed by atoms with Gasteiger partial charge in [0, 0.05) is 17.7 Å². The van der Waals surface area contributed by atoms with Crippen molar-refractivity contribution < 1.29 is 24.1 Å². The quantitative estimate of drug-likeness (QED) is 0.444. The number of carbonyl (C=O) groups is 1. The molecule has 1 N–H and O–H groups in total. The van der Waals surface area contributed by atoms with Gasteiger partial charge < -0.3 is 9.47 Å². The molecule has 140 valence electrons. The van der Waals surface area contributed by atoms with Crippen LogP contribution in [0.3, 0.4) is 0 Å². The Bertz CT molecular complexity index is 910. The summed E-state index contributed by atoms with van der Waals surface area (Å²) in [4.78, 5) is 32.6. The van der Waals surface area contributed by atoms with E-state index in [0.29, 0.717) is 0 Å². The molecule has 0 unspecified atom stereocenters. The fraction of sp³-hybridized carbons (Fsp3) is 0.125. The Morgan fingerprint density at radius 3 is 2.15 bits per heavy atom. The third-order valence-electron chi connectivity index (χ3n) is 3.44. The zero-order valence-electron chi connectivity index (χ0n) is 14.2. The number of nitro groups is 2. The van der Waals surface area contributed by atoms with Gasteiger partial charge in [0.15, 0.2) is 11.5 Å². The highest BCUT2D eigenvalue weighted by molar-refractivity contribution is 5.95. The first kappa shape index (κ1) is 19.3. The second kappa shape index (κ2) is 8.38. The van der Waals surface area contributed by atoms with Gasteiger partial charge in [0.2, 0.25) is 0 Å². The molecule has 0 atom stereocenters. The molecule has 27 heavy (non-hydrogen) atoms. The van der Waals surface area contributed by atoms with Crippen molar-refractivity contribution in [2.45, 2.75) is 0 Å². The number of hydrazone groups is 1. The predicted octanol–water partition coefficient (Wildman–Crippen LogP) is 2.28. The van der Waals surface area contributed by atoms with Gasteiger partial charge >= 0.3 is 0 Å². The largest absolute Gasteiger partial charge is 0.493 e. The minimum atomic E-state index is -0.635. The number of rotatable bonds is 7. The van der Waals surface area contributed by atoms with E-state index in [1.54, 1.807) is 0 Å². The monoisotopic (exact) mass is 374 g/mol. The number of nitro benzene ring substituents is 2. The maximum atomic E-state index is 12.0. The zero-order valence-corrected chi connectivity index (χ0v) is 14.2. The molecule has 0 bridgehead atoms. The molecule has 11 nitrogen and oxygen atoms in total. The minimum absolute atomic E-state index is 0.0849. The van der Waals surface area contributed by atoms with Gasteiger partial charge in [-0.25, -0.2) is 5.43 Å². The van der Waals surface area contributed by atoms with Gasteiger partial charge in [0.25, 0.3) is 17.3 Å². The number of carbonyl (C=O) groups excluding carboxylic acids is 1. The van der Waals surface area contributed by atoms with Crippen LogP contribution < -0.4 is 14.9 Å². The first-order valence-electron chi connectivity index (χ1n) is 7.35. The summed E-state index contributed by atoms with van der Waals surface area (Å²) in [6.07, 6.45) is 1.09. The molecule has 0 radical (unpaired) electrons. The Balaban J connectivity index is 2.20. The molecule has 0 saturated carbocycles. The fourth-order valence-electron chi connectivity index (χ4n) is 2.11. The van der Waals surface area contributed by atoms with E-state index in [1.807, 2.05) is 0 Å². The van der Waals surface area contributed by atoms with E-state index in [4.69, 9.17) is 9.47 Å². The average Bonchev–Trinajstić information content (AvgIpc) is 2.67. The molecule has 0 spiro atoms.